The van der Waals surface area contributed by atoms with Gasteiger partial charge in [-0.3, -0.25) is 0 Å². The van der Waals surface area contributed by atoms with E-state index in [9.17, 15) is 5.21 Å². The first kappa shape index (κ1) is 7.79. The van der Waals surface area contributed by atoms with Gasteiger partial charge in [0.05, 0.1) is 0 Å². The lowest BCUT2D eigenvalue weighted by Gasteiger charge is -2.01. The molecule has 11 heavy (non-hydrogen) atoms. The minimum absolute atomic E-state index is 0.442. The molecule has 2 heteroatoms. The van der Waals surface area contributed by atoms with Gasteiger partial charge in [-0.1, -0.05) is 30.3 Å². The van der Waals surface area contributed by atoms with Gasteiger partial charge in [-0.25, -0.2) is 4.74 Å². The molecule has 0 aliphatic carbocycles. The van der Waals surface area contributed by atoms with Crippen LogP contribution in [0.2, 0.25) is 0 Å². The topological polar surface area (TPSA) is 26.1 Å². The summed E-state index contributed by atoms with van der Waals surface area (Å²) in [5, 5.41) is 10.8. The Hall–Kier alpha value is -1.31. The molecule has 0 fully saturated rings. The smallest absolute Gasteiger partial charge is 0.178 e. The second-order valence-electron chi connectivity index (χ2n) is 2.32. The molecule has 0 bridgehead atoms. The van der Waals surface area contributed by atoms with Crippen LogP contribution in [0.25, 0.3) is 0 Å². The van der Waals surface area contributed by atoms with Crippen molar-refractivity contribution >= 4 is 6.21 Å². The van der Waals surface area contributed by atoms with E-state index in [1.807, 2.05) is 30.3 Å². The van der Waals surface area contributed by atoms with Gasteiger partial charge in [-0.2, -0.15) is 0 Å². The van der Waals surface area contributed by atoms with Crippen molar-refractivity contribution in [2.24, 2.45) is 0 Å². The van der Waals surface area contributed by atoms with Gasteiger partial charge in [0, 0.05) is 12.5 Å². The van der Waals surface area contributed by atoms with Gasteiger partial charge < -0.3 is 5.21 Å². The molecule has 1 aromatic carbocycles. The molecule has 0 aliphatic rings. The largest absolute Gasteiger partial charge is 0.624 e. The van der Waals surface area contributed by atoms with E-state index in [1.165, 1.54) is 6.21 Å². The van der Waals surface area contributed by atoms with E-state index >= 15 is 0 Å². The maximum absolute atomic E-state index is 10.8. The number of nitrogens with zero attached hydrogens (tertiary/aromatic N) is 1. The van der Waals surface area contributed by atoms with Crippen LogP contribution in [-0.2, 0) is 6.54 Å². The fraction of sp³-hybridized carbons (Fsp3) is 0.222. The van der Waals surface area contributed by atoms with E-state index in [0.717, 1.165) is 10.3 Å². The van der Waals surface area contributed by atoms with Crippen molar-refractivity contribution in [3.05, 3.63) is 41.1 Å². The fourth-order valence-corrected chi connectivity index (χ4v) is 0.855. The zero-order chi connectivity index (χ0) is 8.10. The molecule has 1 aromatic rings. The molecule has 2 nitrogen and oxygen atoms in total. The normalized spacial score (nSPS) is 11.5. The van der Waals surface area contributed by atoms with Gasteiger partial charge in [0.25, 0.3) is 0 Å². The quantitative estimate of drug-likeness (QED) is 0.272. The number of hydrogen-bond donors (Lipinski definition) is 0. The molecule has 0 amide bonds. The van der Waals surface area contributed by atoms with Gasteiger partial charge in [0.15, 0.2) is 6.54 Å². The van der Waals surface area contributed by atoms with E-state index in [1.54, 1.807) is 6.92 Å². The third kappa shape index (κ3) is 2.42. The second-order valence-corrected chi connectivity index (χ2v) is 2.32. The summed E-state index contributed by atoms with van der Waals surface area (Å²) >= 11 is 0. The van der Waals surface area contributed by atoms with E-state index in [2.05, 4.69) is 0 Å². The zero-order valence-corrected chi connectivity index (χ0v) is 6.53. The lowest BCUT2D eigenvalue weighted by atomic mass is 10.2. The first-order valence-electron chi connectivity index (χ1n) is 3.60. The number of hydroxylamine groups is 1. The number of hydrogen-bond acceptors (Lipinski definition) is 1. The summed E-state index contributed by atoms with van der Waals surface area (Å²) in [6.07, 6.45) is 1.52. The summed E-state index contributed by atoms with van der Waals surface area (Å²) in [5.41, 5.74) is 1.04. The second kappa shape index (κ2) is 3.76. The van der Waals surface area contributed by atoms with Gasteiger partial charge in [-0.15, -0.1) is 0 Å². The molecule has 0 radical (unpaired) electrons. The van der Waals surface area contributed by atoms with Crippen LogP contribution in [0.5, 0.6) is 0 Å². The molecule has 0 atom stereocenters. The van der Waals surface area contributed by atoms with Gasteiger partial charge in [0.1, 0.15) is 6.21 Å². The molecule has 0 spiro atoms. The highest BCUT2D eigenvalue weighted by atomic mass is 16.5. The number of benzene rings is 1. The van der Waals surface area contributed by atoms with Crippen LogP contribution in [0.4, 0.5) is 0 Å². The minimum Gasteiger partial charge on any atom is -0.624 e. The zero-order valence-electron chi connectivity index (χ0n) is 6.53. The van der Waals surface area contributed by atoms with E-state index in [0.29, 0.717) is 6.54 Å². The van der Waals surface area contributed by atoms with Crippen LogP contribution >= 0.6 is 0 Å². The van der Waals surface area contributed by atoms with Crippen LogP contribution in [0.15, 0.2) is 30.3 Å². The first-order valence-corrected chi connectivity index (χ1v) is 3.60. The summed E-state index contributed by atoms with van der Waals surface area (Å²) < 4.78 is 0.912. The molecule has 0 heterocycles. The standard InChI is InChI=1S/C9H11NO/c1-2-10(11)8-9-6-4-3-5-7-9/h2-7H,8H2,1H3. The predicted molar refractivity (Wildman–Crippen MR) is 45.5 cm³/mol. The van der Waals surface area contributed by atoms with Crippen LogP contribution in [0, 0.1) is 5.21 Å². The third-order valence-electron chi connectivity index (χ3n) is 1.47. The number of rotatable bonds is 2. The Morgan fingerprint density at radius 2 is 2.00 bits per heavy atom. The first-order chi connectivity index (χ1) is 5.33. The van der Waals surface area contributed by atoms with Crippen molar-refractivity contribution < 1.29 is 4.74 Å². The molecule has 58 valence electrons. The Labute approximate surface area is 66.4 Å². The highest BCUT2D eigenvalue weighted by Crippen LogP contribution is 1.98. The van der Waals surface area contributed by atoms with Gasteiger partial charge in [0.2, 0.25) is 0 Å². The van der Waals surface area contributed by atoms with Crippen molar-refractivity contribution in [3.8, 4) is 0 Å². The average molecular weight is 149 g/mol. The Morgan fingerprint density at radius 3 is 2.55 bits per heavy atom. The molecule has 0 saturated carbocycles. The maximum atomic E-state index is 10.8. The summed E-state index contributed by atoms with van der Waals surface area (Å²) in [7, 11) is 0. The third-order valence-corrected chi connectivity index (χ3v) is 1.47. The molecular weight excluding hydrogens is 138 g/mol. The highest BCUT2D eigenvalue weighted by molar-refractivity contribution is 5.46. The maximum Gasteiger partial charge on any atom is 0.178 e. The monoisotopic (exact) mass is 149 g/mol. The molecule has 0 aliphatic heterocycles. The van der Waals surface area contributed by atoms with E-state index in [4.69, 9.17) is 0 Å². The summed E-state index contributed by atoms with van der Waals surface area (Å²) in [5.74, 6) is 0. The Balaban J connectivity index is 2.65. The van der Waals surface area contributed by atoms with Crippen LogP contribution in [0.1, 0.15) is 12.5 Å². The van der Waals surface area contributed by atoms with Crippen LogP contribution in [-0.4, -0.2) is 11.0 Å². The molecule has 0 N–H and O–H groups in total. The lowest BCUT2D eigenvalue weighted by molar-refractivity contribution is -0.470. The van der Waals surface area contributed by atoms with Crippen LogP contribution < -0.4 is 0 Å². The SMILES string of the molecule is CC=[N+]([O-])Cc1ccccc1. The average Bonchev–Trinajstić information content (AvgIpc) is 2.06. The van der Waals surface area contributed by atoms with Crippen molar-refractivity contribution in [1.29, 1.82) is 0 Å². The predicted octanol–water partition coefficient (Wildman–Crippen LogP) is 1.79. The lowest BCUT2D eigenvalue weighted by Crippen LogP contribution is -2.02. The van der Waals surface area contributed by atoms with Crippen LogP contribution in [0.3, 0.4) is 0 Å². The Bertz CT molecular complexity index is 241. The molecule has 0 saturated heterocycles. The molecule has 0 unspecified atom stereocenters. The van der Waals surface area contributed by atoms with Crippen molar-refractivity contribution in [1.82, 2.24) is 0 Å². The highest BCUT2D eigenvalue weighted by Gasteiger charge is 1.93. The van der Waals surface area contributed by atoms with Crippen molar-refractivity contribution in [3.63, 3.8) is 0 Å². The minimum atomic E-state index is 0.442. The van der Waals surface area contributed by atoms with E-state index in [-0.39, 0.29) is 0 Å². The van der Waals surface area contributed by atoms with Gasteiger partial charge in [-0.05, 0) is 0 Å². The summed E-state index contributed by atoms with van der Waals surface area (Å²) in [4.78, 5) is 0. The summed E-state index contributed by atoms with van der Waals surface area (Å²) in [6, 6.07) is 9.68. The van der Waals surface area contributed by atoms with E-state index < -0.39 is 0 Å². The summed E-state index contributed by atoms with van der Waals surface area (Å²) in [6.45, 7) is 2.17. The molecular formula is C9H11NO. The Morgan fingerprint density at radius 1 is 1.36 bits per heavy atom. The van der Waals surface area contributed by atoms with Crippen molar-refractivity contribution in [2.75, 3.05) is 0 Å². The van der Waals surface area contributed by atoms with Gasteiger partial charge >= 0.3 is 0 Å². The molecule has 0 aromatic heterocycles. The van der Waals surface area contributed by atoms with Crippen molar-refractivity contribution in [2.45, 2.75) is 13.5 Å². The molecule has 1 rings (SSSR count). The Kier molecular flexibility index (Phi) is 2.66. The fourth-order valence-electron chi connectivity index (χ4n) is 0.855.